The molecule has 1 unspecified atom stereocenters. The van der Waals surface area contributed by atoms with Crippen molar-refractivity contribution >= 4 is 21.7 Å². The molecule has 0 bridgehead atoms. The van der Waals surface area contributed by atoms with Crippen LogP contribution in [-0.4, -0.2) is 54.4 Å². The third-order valence-corrected chi connectivity index (χ3v) is 6.52. The number of amides is 1. The highest BCUT2D eigenvalue weighted by molar-refractivity contribution is 7.92. The fourth-order valence-electron chi connectivity index (χ4n) is 2.81. The third kappa shape index (κ3) is 3.39. The van der Waals surface area contributed by atoms with E-state index in [0.717, 1.165) is 6.26 Å². The highest BCUT2D eigenvalue weighted by atomic mass is 32.2. The van der Waals surface area contributed by atoms with Crippen molar-refractivity contribution in [1.82, 2.24) is 4.90 Å². The van der Waals surface area contributed by atoms with Crippen LogP contribution >= 0.6 is 0 Å². The van der Waals surface area contributed by atoms with E-state index >= 15 is 0 Å². The topological polar surface area (TPSA) is 91.8 Å². The van der Waals surface area contributed by atoms with Crippen molar-refractivity contribution in [2.45, 2.75) is 51.2 Å². The Bertz CT molecular complexity index is 521. The third-order valence-electron chi connectivity index (χ3n) is 4.49. The van der Waals surface area contributed by atoms with E-state index in [1.165, 1.54) is 18.7 Å². The molecule has 1 atom stereocenters. The maximum absolute atomic E-state index is 12.5. The van der Waals surface area contributed by atoms with E-state index < -0.39 is 31.9 Å². The lowest BCUT2D eigenvalue weighted by Crippen LogP contribution is -2.56. The van der Waals surface area contributed by atoms with Crippen molar-refractivity contribution in [2.24, 2.45) is 5.41 Å². The molecule has 0 aromatic heterocycles. The minimum atomic E-state index is -3.56. The van der Waals surface area contributed by atoms with Gasteiger partial charge in [0, 0.05) is 19.3 Å². The van der Waals surface area contributed by atoms with Gasteiger partial charge in [-0.2, -0.15) is 0 Å². The number of rotatable bonds is 5. The van der Waals surface area contributed by atoms with Gasteiger partial charge in [0.15, 0.2) is 9.84 Å². The van der Waals surface area contributed by atoms with Crippen LogP contribution in [0.25, 0.3) is 0 Å². The quantitative estimate of drug-likeness (QED) is 0.824. The average Bonchev–Trinajstić information content (AvgIpc) is 2.37. The standard InChI is InChI=1S/C14H25NO5S/c1-5-7-14(12(17)18)8-6-9-15(10-14)11(16)13(2,3)21(4,19)20/h5-10H2,1-4H3,(H,17,18). The highest BCUT2D eigenvalue weighted by Crippen LogP contribution is 2.36. The van der Waals surface area contributed by atoms with Gasteiger partial charge in [-0.1, -0.05) is 13.3 Å². The number of carboxylic acids is 1. The van der Waals surface area contributed by atoms with E-state index in [9.17, 15) is 23.1 Å². The van der Waals surface area contributed by atoms with Gasteiger partial charge in [0.1, 0.15) is 4.75 Å². The second-order valence-corrected chi connectivity index (χ2v) is 9.01. The second kappa shape index (κ2) is 5.94. The SMILES string of the molecule is CCCC1(C(=O)O)CCCN(C(=O)C(C)(C)S(C)(=O)=O)C1. The van der Waals surface area contributed by atoms with Gasteiger partial charge in [-0.3, -0.25) is 9.59 Å². The van der Waals surface area contributed by atoms with Crippen LogP contribution in [0, 0.1) is 5.41 Å². The minimum Gasteiger partial charge on any atom is -0.481 e. The Morgan fingerprint density at radius 3 is 2.33 bits per heavy atom. The Balaban J connectivity index is 3.05. The number of hydrogen-bond acceptors (Lipinski definition) is 4. The van der Waals surface area contributed by atoms with Crippen LogP contribution in [0.4, 0.5) is 0 Å². The lowest BCUT2D eigenvalue weighted by atomic mass is 9.76. The van der Waals surface area contributed by atoms with Crippen LogP contribution in [0.15, 0.2) is 0 Å². The molecule has 1 heterocycles. The smallest absolute Gasteiger partial charge is 0.311 e. The zero-order valence-electron chi connectivity index (χ0n) is 13.2. The molecule has 1 amide bonds. The van der Waals surface area contributed by atoms with Gasteiger partial charge in [0.05, 0.1) is 5.41 Å². The van der Waals surface area contributed by atoms with Crippen molar-refractivity contribution in [2.75, 3.05) is 19.3 Å². The lowest BCUT2D eigenvalue weighted by Gasteiger charge is -2.42. The zero-order chi connectivity index (χ0) is 16.5. The molecule has 0 aromatic carbocycles. The summed E-state index contributed by atoms with van der Waals surface area (Å²) in [5.74, 6) is -1.41. The van der Waals surface area contributed by atoms with E-state index in [1.807, 2.05) is 6.92 Å². The van der Waals surface area contributed by atoms with E-state index in [4.69, 9.17) is 0 Å². The predicted octanol–water partition coefficient (Wildman–Crippen LogP) is 1.30. The summed E-state index contributed by atoms with van der Waals surface area (Å²) in [7, 11) is -3.56. The van der Waals surface area contributed by atoms with Crippen molar-refractivity contribution in [3.63, 3.8) is 0 Å². The molecule has 7 heteroatoms. The molecule has 0 spiro atoms. The summed E-state index contributed by atoms with van der Waals surface area (Å²) >= 11 is 0. The van der Waals surface area contributed by atoms with Gasteiger partial charge >= 0.3 is 5.97 Å². The summed E-state index contributed by atoms with van der Waals surface area (Å²) in [6.07, 6.45) is 3.34. The summed E-state index contributed by atoms with van der Waals surface area (Å²) in [5.41, 5.74) is -0.948. The molecule has 0 saturated carbocycles. The van der Waals surface area contributed by atoms with Gasteiger partial charge in [-0.25, -0.2) is 8.42 Å². The molecule has 1 rings (SSSR count). The van der Waals surface area contributed by atoms with Crippen molar-refractivity contribution in [3.05, 3.63) is 0 Å². The first-order chi connectivity index (χ1) is 9.48. The van der Waals surface area contributed by atoms with Crippen LogP contribution < -0.4 is 0 Å². The summed E-state index contributed by atoms with van der Waals surface area (Å²) in [5, 5.41) is 9.53. The molecule has 0 aromatic rings. The molecule has 1 aliphatic heterocycles. The summed E-state index contributed by atoms with van der Waals surface area (Å²) in [6.45, 7) is 5.17. The Morgan fingerprint density at radius 1 is 1.33 bits per heavy atom. The van der Waals surface area contributed by atoms with Crippen LogP contribution in [0.5, 0.6) is 0 Å². The van der Waals surface area contributed by atoms with Crippen LogP contribution in [-0.2, 0) is 19.4 Å². The number of aliphatic carboxylic acids is 1. The highest BCUT2D eigenvalue weighted by Gasteiger charge is 2.47. The molecule has 21 heavy (non-hydrogen) atoms. The maximum Gasteiger partial charge on any atom is 0.311 e. The fourth-order valence-corrected chi connectivity index (χ4v) is 3.25. The van der Waals surface area contributed by atoms with Crippen molar-refractivity contribution < 1.29 is 23.1 Å². The summed E-state index contributed by atoms with van der Waals surface area (Å²) in [6, 6.07) is 0. The van der Waals surface area contributed by atoms with Gasteiger partial charge in [-0.05, 0) is 33.1 Å². The summed E-state index contributed by atoms with van der Waals surface area (Å²) in [4.78, 5) is 25.6. The Hall–Kier alpha value is -1.11. The molecule has 6 nitrogen and oxygen atoms in total. The Labute approximate surface area is 126 Å². The van der Waals surface area contributed by atoms with Crippen molar-refractivity contribution in [1.29, 1.82) is 0 Å². The number of nitrogens with zero attached hydrogens (tertiary/aromatic N) is 1. The van der Waals surface area contributed by atoms with E-state index in [0.29, 0.717) is 32.2 Å². The molecule has 0 radical (unpaired) electrons. The van der Waals surface area contributed by atoms with Crippen LogP contribution in [0.3, 0.4) is 0 Å². The van der Waals surface area contributed by atoms with Crippen LogP contribution in [0.2, 0.25) is 0 Å². The number of hydrogen-bond donors (Lipinski definition) is 1. The second-order valence-electron chi connectivity index (χ2n) is 6.45. The number of sulfone groups is 1. The molecule has 0 aliphatic carbocycles. The van der Waals surface area contributed by atoms with Gasteiger partial charge < -0.3 is 10.0 Å². The first-order valence-electron chi connectivity index (χ1n) is 7.20. The molecule has 1 saturated heterocycles. The molecule has 1 fully saturated rings. The molecule has 1 aliphatic rings. The average molecular weight is 319 g/mol. The predicted molar refractivity (Wildman–Crippen MR) is 79.7 cm³/mol. The van der Waals surface area contributed by atoms with E-state index in [2.05, 4.69) is 0 Å². The zero-order valence-corrected chi connectivity index (χ0v) is 14.0. The molecular weight excluding hydrogens is 294 g/mol. The first kappa shape index (κ1) is 17.9. The fraction of sp³-hybridized carbons (Fsp3) is 0.857. The molecular formula is C14H25NO5S. The largest absolute Gasteiger partial charge is 0.481 e. The molecule has 122 valence electrons. The van der Waals surface area contributed by atoms with Gasteiger partial charge in [0.2, 0.25) is 5.91 Å². The minimum absolute atomic E-state index is 0.0912. The Morgan fingerprint density at radius 2 is 1.90 bits per heavy atom. The molecule has 1 N–H and O–H groups in total. The number of carbonyl (C=O) groups is 2. The maximum atomic E-state index is 12.5. The van der Waals surface area contributed by atoms with Crippen molar-refractivity contribution in [3.8, 4) is 0 Å². The van der Waals surface area contributed by atoms with E-state index in [1.54, 1.807) is 0 Å². The monoisotopic (exact) mass is 319 g/mol. The van der Waals surface area contributed by atoms with E-state index in [-0.39, 0.29) is 6.54 Å². The number of carboxylic acid groups (broad SMARTS) is 1. The summed E-state index contributed by atoms with van der Waals surface area (Å²) < 4.78 is 22.1. The number of carbonyl (C=O) groups excluding carboxylic acids is 1. The van der Waals surface area contributed by atoms with Gasteiger partial charge in [0.25, 0.3) is 0 Å². The normalized spacial score (nSPS) is 23.9. The van der Waals surface area contributed by atoms with Gasteiger partial charge in [-0.15, -0.1) is 0 Å². The number of likely N-dealkylation sites (tertiary alicyclic amines) is 1. The first-order valence-corrected chi connectivity index (χ1v) is 9.09. The number of piperidine rings is 1. The lowest BCUT2D eigenvalue weighted by molar-refractivity contribution is -0.156. The van der Waals surface area contributed by atoms with Crippen LogP contribution in [0.1, 0.15) is 46.5 Å². The Kier molecular flexibility index (Phi) is 5.08.